The average molecular weight is 270 g/mol. The van der Waals surface area contributed by atoms with Crippen LogP contribution in [0.25, 0.3) is 0 Å². The van der Waals surface area contributed by atoms with Gasteiger partial charge in [-0.15, -0.1) is 0 Å². The van der Waals surface area contributed by atoms with Crippen molar-refractivity contribution < 1.29 is 17.9 Å². The van der Waals surface area contributed by atoms with Crippen LogP contribution in [0.15, 0.2) is 0 Å². The maximum atomic E-state index is 11.9. The van der Waals surface area contributed by atoms with E-state index in [0.717, 1.165) is 26.0 Å². The van der Waals surface area contributed by atoms with Crippen LogP contribution in [0.4, 0.5) is 13.2 Å². The Morgan fingerprint density at radius 3 is 2.44 bits per heavy atom. The molecule has 0 bridgehead atoms. The number of halogens is 3. The number of alkyl halides is 3. The number of hydrogen-bond acceptors (Lipinski definition) is 3. The molecule has 0 fully saturated rings. The molecule has 0 aromatic carbocycles. The second-order valence-corrected chi connectivity index (χ2v) is 4.38. The summed E-state index contributed by atoms with van der Waals surface area (Å²) in [6.45, 7) is 5.65. The lowest BCUT2D eigenvalue weighted by Crippen LogP contribution is -2.33. The molecule has 0 spiro atoms. The van der Waals surface area contributed by atoms with Gasteiger partial charge in [-0.1, -0.05) is 13.3 Å². The SMILES string of the molecule is CCCCOCCNCCN(C)CCC(F)(F)F. The summed E-state index contributed by atoms with van der Waals surface area (Å²) in [5.41, 5.74) is 0. The zero-order valence-electron chi connectivity index (χ0n) is 11.4. The van der Waals surface area contributed by atoms with E-state index in [9.17, 15) is 13.2 Å². The number of ether oxygens (including phenoxy) is 1. The molecular formula is C12H25F3N2O. The molecule has 0 rings (SSSR count). The first kappa shape index (κ1) is 17.7. The molecule has 0 aromatic heterocycles. The van der Waals surface area contributed by atoms with Crippen LogP contribution >= 0.6 is 0 Å². The molecule has 1 N–H and O–H groups in total. The van der Waals surface area contributed by atoms with Crippen molar-refractivity contribution in [1.82, 2.24) is 10.2 Å². The highest BCUT2D eigenvalue weighted by atomic mass is 19.4. The van der Waals surface area contributed by atoms with Crippen LogP contribution in [0.3, 0.4) is 0 Å². The Bertz CT molecular complexity index is 189. The van der Waals surface area contributed by atoms with Crippen LogP contribution in [0, 0.1) is 0 Å². The van der Waals surface area contributed by atoms with Gasteiger partial charge in [0, 0.05) is 32.8 Å². The molecule has 0 atom stereocenters. The van der Waals surface area contributed by atoms with Crippen LogP contribution in [-0.2, 0) is 4.74 Å². The lowest BCUT2D eigenvalue weighted by atomic mass is 10.4. The lowest BCUT2D eigenvalue weighted by molar-refractivity contribution is -0.137. The lowest BCUT2D eigenvalue weighted by Gasteiger charge is -2.17. The summed E-state index contributed by atoms with van der Waals surface area (Å²) < 4.78 is 41.2. The third-order valence-electron chi connectivity index (χ3n) is 2.51. The van der Waals surface area contributed by atoms with Crippen LogP contribution in [-0.4, -0.2) is 57.5 Å². The Hall–Kier alpha value is -0.330. The molecule has 0 saturated heterocycles. The molecular weight excluding hydrogens is 245 g/mol. The number of hydrogen-bond donors (Lipinski definition) is 1. The van der Waals surface area contributed by atoms with E-state index in [1.807, 2.05) is 0 Å². The number of likely N-dealkylation sites (N-methyl/N-ethyl adjacent to an activating group) is 1. The predicted molar refractivity (Wildman–Crippen MR) is 66.8 cm³/mol. The Morgan fingerprint density at radius 1 is 1.11 bits per heavy atom. The zero-order valence-corrected chi connectivity index (χ0v) is 11.4. The fourth-order valence-electron chi connectivity index (χ4n) is 1.32. The van der Waals surface area contributed by atoms with Crippen LogP contribution in [0.2, 0.25) is 0 Å². The summed E-state index contributed by atoms with van der Waals surface area (Å²) in [7, 11) is 1.70. The molecule has 110 valence electrons. The average Bonchev–Trinajstić information content (AvgIpc) is 2.29. The minimum atomic E-state index is -4.06. The highest BCUT2D eigenvalue weighted by Gasteiger charge is 2.26. The first-order chi connectivity index (χ1) is 8.45. The largest absolute Gasteiger partial charge is 0.390 e. The van der Waals surface area contributed by atoms with Gasteiger partial charge >= 0.3 is 6.18 Å². The molecule has 0 aliphatic heterocycles. The third-order valence-corrected chi connectivity index (χ3v) is 2.51. The van der Waals surface area contributed by atoms with Crippen molar-refractivity contribution in [3.8, 4) is 0 Å². The van der Waals surface area contributed by atoms with Gasteiger partial charge < -0.3 is 15.0 Å². The normalized spacial score (nSPS) is 12.3. The molecule has 0 radical (unpaired) electrons. The van der Waals surface area contributed by atoms with E-state index < -0.39 is 12.6 Å². The smallest absolute Gasteiger partial charge is 0.380 e. The topological polar surface area (TPSA) is 24.5 Å². The fourth-order valence-corrected chi connectivity index (χ4v) is 1.32. The third kappa shape index (κ3) is 13.7. The van der Waals surface area contributed by atoms with Crippen molar-refractivity contribution in [2.75, 3.05) is 46.4 Å². The molecule has 0 aromatic rings. The second kappa shape index (κ2) is 10.6. The minimum absolute atomic E-state index is 0.0537. The van der Waals surface area contributed by atoms with Gasteiger partial charge in [-0.05, 0) is 13.5 Å². The predicted octanol–water partition coefficient (Wildman–Crippen LogP) is 2.28. The quantitative estimate of drug-likeness (QED) is 0.583. The monoisotopic (exact) mass is 270 g/mol. The summed E-state index contributed by atoms with van der Waals surface area (Å²) in [5.74, 6) is 0. The highest BCUT2D eigenvalue weighted by molar-refractivity contribution is 4.58. The van der Waals surface area contributed by atoms with E-state index in [-0.39, 0.29) is 6.54 Å². The fraction of sp³-hybridized carbons (Fsp3) is 1.00. The van der Waals surface area contributed by atoms with E-state index in [1.165, 1.54) is 0 Å². The zero-order chi connectivity index (χ0) is 13.9. The molecule has 0 amide bonds. The Morgan fingerprint density at radius 2 is 1.83 bits per heavy atom. The summed E-state index contributed by atoms with van der Waals surface area (Å²) in [4.78, 5) is 1.68. The van der Waals surface area contributed by atoms with Gasteiger partial charge in [-0.3, -0.25) is 0 Å². The summed E-state index contributed by atoms with van der Waals surface area (Å²) in [6, 6.07) is 0. The summed E-state index contributed by atoms with van der Waals surface area (Å²) >= 11 is 0. The van der Waals surface area contributed by atoms with E-state index in [4.69, 9.17) is 4.74 Å². The molecule has 0 saturated carbocycles. The van der Waals surface area contributed by atoms with Gasteiger partial charge in [-0.2, -0.15) is 13.2 Å². The number of rotatable bonds is 11. The van der Waals surface area contributed by atoms with Crippen molar-refractivity contribution >= 4 is 0 Å². The van der Waals surface area contributed by atoms with Crippen molar-refractivity contribution in [2.45, 2.75) is 32.4 Å². The molecule has 18 heavy (non-hydrogen) atoms. The molecule has 3 nitrogen and oxygen atoms in total. The number of nitrogens with one attached hydrogen (secondary N) is 1. The van der Waals surface area contributed by atoms with Crippen LogP contribution in [0.5, 0.6) is 0 Å². The Labute approximate surface area is 108 Å². The molecule has 6 heteroatoms. The van der Waals surface area contributed by atoms with E-state index in [0.29, 0.717) is 19.7 Å². The second-order valence-electron chi connectivity index (χ2n) is 4.38. The highest BCUT2D eigenvalue weighted by Crippen LogP contribution is 2.19. The molecule has 0 unspecified atom stereocenters. The van der Waals surface area contributed by atoms with Crippen molar-refractivity contribution in [3.63, 3.8) is 0 Å². The molecule has 0 aliphatic carbocycles. The Balaban J connectivity index is 3.23. The first-order valence-corrected chi connectivity index (χ1v) is 6.49. The maximum absolute atomic E-state index is 11.9. The van der Waals surface area contributed by atoms with Crippen molar-refractivity contribution in [2.24, 2.45) is 0 Å². The van der Waals surface area contributed by atoms with Crippen LogP contribution in [0.1, 0.15) is 26.2 Å². The van der Waals surface area contributed by atoms with Gasteiger partial charge in [0.1, 0.15) is 0 Å². The standard InChI is InChI=1S/C12H25F3N2O/c1-3-4-10-18-11-7-16-6-9-17(2)8-5-12(13,14)15/h16H,3-11H2,1-2H3. The first-order valence-electron chi connectivity index (χ1n) is 6.49. The van der Waals surface area contributed by atoms with Gasteiger partial charge in [0.2, 0.25) is 0 Å². The summed E-state index contributed by atoms with van der Waals surface area (Å²) in [6.07, 6.45) is -2.62. The van der Waals surface area contributed by atoms with Gasteiger partial charge in [0.25, 0.3) is 0 Å². The molecule has 0 aliphatic rings. The Kier molecular flexibility index (Phi) is 10.4. The summed E-state index contributed by atoms with van der Waals surface area (Å²) in [5, 5.41) is 3.14. The van der Waals surface area contributed by atoms with E-state index in [2.05, 4.69) is 12.2 Å². The van der Waals surface area contributed by atoms with Gasteiger partial charge in [0.15, 0.2) is 0 Å². The van der Waals surface area contributed by atoms with Crippen molar-refractivity contribution in [1.29, 1.82) is 0 Å². The van der Waals surface area contributed by atoms with Gasteiger partial charge in [-0.25, -0.2) is 0 Å². The molecule has 0 heterocycles. The number of unbranched alkanes of at least 4 members (excludes halogenated alkanes) is 1. The van der Waals surface area contributed by atoms with Crippen molar-refractivity contribution in [3.05, 3.63) is 0 Å². The maximum Gasteiger partial charge on any atom is 0.390 e. The number of nitrogens with zero attached hydrogens (tertiary/aromatic N) is 1. The van der Waals surface area contributed by atoms with Gasteiger partial charge in [0.05, 0.1) is 13.0 Å². The minimum Gasteiger partial charge on any atom is -0.380 e. The van der Waals surface area contributed by atoms with E-state index in [1.54, 1.807) is 11.9 Å². The van der Waals surface area contributed by atoms with E-state index >= 15 is 0 Å². The van der Waals surface area contributed by atoms with Crippen LogP contribution < -0.4 is 5.32 Å².